The second kappa shape index (κ2) is 7.27. The minimum Gasteiger partial charge on any atom is -0.313 e. The van der Waals surface area contributed by atoms with Crippen LogP contribution in [-0.2, 0) is 6.54 Å². The van der Waals surface area contributed by atoms with E-state index >= 15 is 0 Å². The van der Waals surface area contributed by atoms with Gasteiger partial charge in [-0.15, -0.1) is 0 Å². The molecule has 3 heteroatoms. The topological polar surface area (TPSA) is 15.3 Å². The monoisotopic (exact) mass is 310 g/mol. The number of rotatable bonds is 6. The van der Waals surface area contributed by atoms with Gasteiger partial charge in [-0.3, -0.25) is 0 Å². The van der Waals surface area contributed by atoms with Crippen LogP contribution in [0.4, 0.5) is 0 Å². The molecule has 0 spiro atoms. The minimum atomic E-state index is 0.782. The summed E-state index contributed by atoms with van der Waals surface area (Å²) in [6.07, 6.45) is 5.56. The minimum absolute atomic E-state index is 0.782. The molecule has 1 aromatic rings. The second-order valence-electron chi connectivity index (χ2n) is 5.30. The van der Waals surface area contributed by atoms with Crippen molar-refractivity contribution in [1.29, 1.82) is 0 Å². The maximum absolute atomic E-state index is 3.66. The lowest BCUT2D eigenvalue weighted by atomic mass is 10.2. The van der Waals surface area contributed by atoms with Crippen molar-refractivity contribution in [3.8, 4) is 0 Å². The van der Waals surface area contributed by atoms with Gasteiger partial charge in [-0.2, -0.15) is 0 Å². The van der Waals surface area contributed by atoms with Gasteiger partial charge in [0, 0.05) is 30.1 Å². The zero-order valence-corrected chi connectivity index (χ0v) is 12.7. The average Bonchev–Trinajstić information content (AvgIpc) is 2.82. The first-order valence-corrected chi connectivity index (χ1v) is 7.70. The van der Waals surface area contributed by atoms with Crippen molar-refractivity contribution in [2.45, 2.75) is 38.3 Å². The number of nitrogens with zero attached hydrogens (tertiary/aromatic N) is 1. The number of hydrogen-bond acceptors (Lipinski definition) is 2. The molecule has 0 amide bonds. The van der Waals surface area contributed by atoms with Crippen molar-refractivity contribution in [2.24, 2.45) is 0 Å². The van der Waals surface area contributed by atoms with Crippen LogP contribution < -0.4 is 5.32 Å². The van der Waals surface area contributed by atoms with E-state index < -0.39 is 0 Å². The molecule has 0 unspecified atom stereocenters. The summed E-state index contributed by atoms with van der Waals surface area (Å²) >= 11 is 3.52. The molecule has 0 heterocycles. The summed E-state index contributed by atoms with van der Waals surface area (Å²) in [5, 5.41) is 3.66. The third kappa shape index (κ3) is 4.71. The molecule has 2 nitrogen and oxygen atoms in total. The second-order valence-corrected chi connectivity index (χ2v) is 6.22. The summed E-state index contributed by atoms with van der Waals surface area (Å²) in [7, 11) is 2.19. The van der Waals surface area contributed by atoms with Crippen molar-refractivity contribution in [2.75, 3.05) is 20.1 Å². The summed E-state index contributed by atoms with van der Waals surface area (Å²) in [4.78, 5) is 2.38. The fourth-order valence-corrected chi connectivity index (χ4v) is 3.06. The summed E-state index contributed by atoms with van der Waals surface area (Å²) < 4.78 is 1.16. The average molecular weight is 311 g/mol. The first-order chi connectivity index (χ1) is 8.74. The molecular formula is C15H23BrN2. The number of hydrogen-bond donors (Lipinski definition) is 1. The van der Waals surface area contributed by atoms with Crippen molar-refractivity contribution in [3.63, 3.8) is 0 Å². The number of likely N-dealkylation sites (N-methyl/N-ethyl adjacent to an activating group) is 1. The molecule has 0 saturated heterocycles. The number of nitrogens with one attached hydrogen (secondary N) is 1. The molecule has 100 valence electrons. The molecule has 18 heavy (non-hydrogen) atoms. The molecule has 0 radical (unpaired) electrons. The van der Waals surface area contributed by atoms with Gasteiger partial charge in [-0.1, -0.05) is 40.9 Å². The van der Waals surface area contributed by atoms with Crippen molar-refractivity contribution in [3.05, 3.63) is 34.3 Å². The first kappa shape index (κ1) is 14.0. The van der Waals surface area contributed by atoms with Gasteiger partial charge in [0.2, 0.25) is 0 Å². The lowest BCUT2D eigenvalue weighted by molar-refractivity contribution is 0.316. The Labute approximate surface area is 119 Å². The Morgan fingerprint density at radius 1 is 1.33 bits per heavy atom. The molecule has 1 aromatic carbocycles. The zero-order chi connectivity index (χ0) is 12.8. The first-order valence-electron chi connectivity index (χ1n) is 6.90. The molecule has 1 aliphatic carbocycles. The molecular weight excluding hydrogens is 288 g/mol. The van der Waals surface area contributed by atoms with Crippen LogP contribution in [0.3, 0.4) is 0 Å². The van der Waals surface area contributed by atoms with E-state index in [1.54, 1.807) is 0 Å². The molecule has 1 aliphatic rings. The molecule has 0 aromatic heterocycles. The Kier molecular flexibility index (Phi) is 5.67. The van der Waals surface area contributed by atoms with Crippen LogP contribution in [0.25, 0.3) is 0 Å². The predicted octanol–water partition coefficient (Wildman–Crippen LogP) is 3.41. The number of benzene rings is 1. The van der Waals surface area contributed by atoms with Crippen LogP contribution in [0, 0.1) is 0 Å². The smallest absolute Gasteiger partial charge is 0.0231 e. The van der Waals surface area contributed by atoms with E-state index in [4.69, 9.17) is 0 Å². The maximum atomic E-state index is 3.66. The van der Waals surface area contributed by atoms with E-state index in [1.165, 1.54) is 31.2 Å². The SMILES string of the molecule is CN(CCNC1CCCC1)Cc1cccc(Br)c1. The third-order valence-electron chi connectivity index (χ3n) is 3.62. The van der Waals surface area contributed by atoms with E-state index in [0.29, 0.717) is 0 Å². The molecule has 0 atom stereocenters. The molecule has 1 N–H and O–H groups in total. The van der Waals surface area contributed by atoms with Crippen LogP contribution in [0.2, 0.25) is 0 Å². The summed E-state index contributed by atoms with van der Waals surface area (Å²) in [5.41, 5.74) is 1.37. The maximum Gasteiger partial charge on any atom is 0.0231 e. The van der Waals surface area contributed by atoms with Gasteiger partial charge in [0.25, 0.3) is 0 Å². The van der Waals surface area contributed by atoms with Gasteiger partial charge in [0.15, 0.2) is 0 Å². The third-order valence-corrected chi connectivity index (χ3v) is 4.12. The largest absolute Gasteiger partial charge is 0.313 e. The van der Waals surface area contributed by atoms with Gasteiger partial charge >= 0.3 is 0 Å². The van der Waals surface area contributed by atoms with Gasteiger partial charge in [-0.05, 0) is 37.6 Å². The molecule has 2 rings (SSSR count). The Bertz CT molecular complexity index is 361. The van der Waals surface area contributed by atoms with Gasteiger partial charge < -0.3 is 10.2 Å². The predicted molar refractivity (Wildman–Crippen MR) is 80.7 cm³/mol. The van der Waals surface area contributed by atoms with E-state index in [1.807, 2.05) is 0 Å². The molecule has 0 bridgehead atoms. The molecule has 0 aliphatic heterocycles. The highest BCUT2D eigenvalue weighted by atomic mass is 79.9. The fourth-order valence-electron chi connectivity index (χ4n) is 2.62. The highest BCUT2D eigenvalue weighted by molar-refractivity contribution is 9.10. The van der Waals surface area contributed by atoms with Crippen molar-refractivity contribution < 1.29 is 0 Å². The standard InChI is InChI=1S/C15H23BrN2/c1-18(10-9-17-15-7-2-3-8-15)12-13-5-4-6-14(16)11-13/h4-6,11,15,17H,2-3,7-10,12H2,1H3. The lowest BCUT2D eigenvalue weighted by Gasteiger charge is -2.19. The Morgan fingerprint density at radius 3 is 2.83 bits per heavy atom. The van der Waals surface area contributed by atoms with Crippen LogP contribution in [0.5, 0.6) is 0 Å². The Balaban J connectivity index is 1.66. The molecule has 1 saturated carbocycles. The van der Waals surface area contributed by atoms with Crippen molar-refractivity contribution >= 4 is 15.9 Å². The number of halogens is 1. The highest BCUT2D eigenvalue weighted by Crippen LogP contribution is 2.17. The van der Waals surface area contributed by atoms with Gasteiger partial charge in [-0.25, -0.2) is 0 Å². The van der Waals surface area contributed by atoms with Crippen molar-refractivity contribution in [1.82, 2.24) is 10.2 Å². The highest BCUT2D eigenvalue weighted by Gasteiger charge is 2.13. The van der Waals surface area contributed by atoms with E-state index in [-0.39, 0.29) is 0 Å². The van der Waals surface area contributed by atoms with Crippen LogP contribution >= 0.6 is 15.9 Å². The quantitative estimate of drug-likeness (QED) is 0.866. The van der Waals surface area contributed by atoms with Crippen LogP contribution in [0.15, 0.2) is 28.7 Å². The van der Waals surface area contributed by atoms with Gasteiger partial charge in [0.05, 0.1) is 0 Å². The Hall–Kier alpha value is -0.380. The normalized spacial score (nSPS) is 16.6. The summed E-state index contributed by atoms with van der Waals surface area (Å²) in [6.45, 7) is 3.24. The summed E-state index contributed by atoms with van der Waals surface area (Å²) in [6, 6.07) is 9.34. The van der Waals surface area contributed by atoms with E-state index in [9.17, 15) is 0 Å². The van der Waals surface area contributed by atoms with Crippen LogP contribution in [0.1, 0.15) is 31.2 Å². The fraction of sp³-hybridized carbons (Fsp3) is 0.600. The lowest BCUT2D eigenvalue weighted by Crippen LogP contribution is -2.34. The molecule has 1 fully saturated rings. The van der Waals surface area contributed by atoms with Gasteiger partial charge in [0.1, 0.15) is 0 Å². The zero-order valence-electron chi connectivity index (χ0n) is 11.2. The summed E-state index contributed by atoms with van der Waals surface area (Å²) in [5.74, 6) is 0. The van der Waals surface area contributed by atoms with E-state index in [0.717, 1.165) is 30.1 Å². The van der Waals surface area contributed by atoms with E-state index in [2.05, 4.69) is 57.5 Å². The van der Waals surface area contributed by atoms with Crippen LogP contribution in [-0.4, -0.2) is 31.1 Å². The Morgan fingerprint density at radius 2 is 2.11 bits per heavy atom.